The number of quaternary nitrogens is 1. The molecular weight excluding hydrogens is 306 g/mol. The Labute approximate surface area is 143 Å². The van der Waals surface area contributed by atoms with Gasteiger partial charge in [-0.15, -0.1) is 0 Å². The number of para-hydroxylation sites is 2. The van der Waals surface area contributed by atoms with Crippen LogP contribution in [0.25, 0.3) is 0 Å². The van der Waals surface area contributed by atoms with Gasteiger partial charge in [0.2, 0.25) is 0 Å². The Kier molecular flexibility index (Phi) is 5.18. The van der Waals surface area contributed by atoms with Gasteiger partial charge in [0.1, 0.15) is 5.75 Å². The van der Waals surface area contributed by atoms with Crippen LogP contribution in [0.1, 0.15) is 40.5 Å². The molecule has 1 aromatic carbocycles. The summed E-state index contributed by atoms with van der Waals surface area (Å²) in [6, 6.07) is 6.99. The Balaban J connectivity index is 2.00. The average Bonchev–Trinajstić information content (AvgIpc) is 2.44. The molecule has 1 fully saturated rings. The van der Waals surface area contributed by atoms with Gasteiger partial charge in [-0.3, -0.25) is 9.59 Å². The summed E-state index contributed by atoms with van der Waals surface area (Å²) in [5.74, 6) is -0.766. The van der Waals surface area contributed by atoms with E-state index in [4.69, 9.17) is 4.74 Å². The van der Waals surface area contributed by atoms with Crippen molar-refractivity contribution >= 4 is 17.5 Å². The number of methoxy groups -OCH3 is 1. The van der Waals surface area contributed by atoms with Crippen LogP contribution in [0.2, 0.25) is 0 Å². The van der Waals surface area contributed by atoms with E-state index < -0.39 is 11.8 Å². The highest BCUT2D eigenvalue weighted by Crippen LogP contribution is 2.23. The number of hydrogen-bond acceptors (Lipinski definition) is 3. The van der Waals surface area contributed by atoms with Crippen LogP contribution in [-0.4, -0.2) is 36.0 Å². The number of carbonyl (C=O) groups excluding carboxylic acids is 2. The zero-order valence-electron chi connectivity index (χ0n) is 15.1. The number of rotatable bonds is 3. The maximum absolute atomic E-state index is 12.3. The lowest BCUT2D eigenvalue weighted by atomic mass is 9.79. The first kappa shape index (κ1) is 18.3. The predicted molar refractivity (Wildman–Crippen MR) is 92.9 cm³/mol. The summed E-state index contributed by atoms with van der Waals surface area (Å²) in [5, 5.41) is 7.82. The fourth-order valence-electron chi connectivity index (χ4n) is 3.80. The maximum Gasteiger partial charge on any atom is 0.313 e. The SMILES string of the molecule is COc1ccccc1NC(=O)C(=O)NC1CC(C)(C)[NH2+]C(C)(C)C1. The molecule has 0 radical (unpaired) electrons. The molecule has 0 bridgehead atoms. The number of nitrogens with two attached hydrogens (primary N) is 1. The molecule has 0 spiro atoms. The Morgan fingerprint density at radius 3 is 2.25 bits per heavy atom. The van der Waals surface area contributed by atoms with Gasteiger partial charge < -0.3 is 20.7 Å². The van der Waals surface area contributed by atoms with Gasteiger partial charge >= 0.3 is 11.8 Å². The summed E-state index contributed by atoms with van der Waals surface area (Å²) in [6.45, 7) is 8.62. The van der Waals surface area contributed by atoms with E-state index in [1.165, 1.54) is 7.11 Å². The monoisotopic (exact) mass is 334 g/mol. The summed E-state index contributed by atoms with van der Waals surface area (Å²) in [6.07, 6.45) is 1.65. The van der Waals surface area contributed by atoms with E-state index in [1.807, 2.05) is 0 Å². The molecule has 0 aliphatic carbocycles. The Bertz CT molecular complexity index is 610. The van der Waals surface area contributed by atoms with E-state index in [0.717, 1.165) is 12.8 Å². The van der Waals surface area contributed by atoms with E-state index in [2.05, 4.69) is 43.6 Å². The van der Waals surface area contributed by atoms with Crippen molar-refractivity contribution in [1.82, 2.24) is 5.32 Å². The molecule has 0 unspecified atom stereocenters. The van der Waals surface area contributed by atoms with Crippen LogP contribution in [-0.2, 0) is 9.59 Å². The molecule has 6 heteroatoms. The lowest BCUT2D eigenvalue weighted by Gasteiger charge is -2.43. The summed E-state index contributed by atoms with van der Waals surface area (Å²) >= 11 is 0. The molecule has 132 valence electrons. The molecular formula is C18H28N3O3+. The van der Waals surface area contributed by atoms with Crippen molar-refractivity contribution in [3.63, 3.8) is 0 Å². The van der Waals surface area contributed by atoms with Crippen molar-refractivity contribution in [2.75, 3.05) is 12.4 Å². The van der Waals surface area contributed by atoms with Crippen molar-refractivity contribution in [2.24, 2.45) is 0 Å². The van der Waals surface area contributed by atoms with E-state index in [-0.39, 0.29) is 17.1 Å². The van der Waals surface area contributed by atoms with Gasteiger partial charge in [-0.1, -0.05) is 12.1 Å². The molecule has 6 nitrogen and oxygen atoms in total. The number of benzene rings is 1. The molecule has 0 atom stereocenters. The third-order valence-electron chi connectivity index (χ3n) is 4.22. The van der Waals surface area contributed by atoms with Crippen molar-refractivity contribution < 1.29 is 19.6 Å². The Hall–Kier alpha value is -2.08. The number of amides is 2. The van der Waals surface area contributed by atoms with Crippen LogP contribution in [0.4, 0.5) is 5.69 Å². The standard InChI is InChI=1S/C18H27N3O3/c1-17(2)10-12(11-18(3,4)21-17)19-15(22)16(23)20-13-8-6-7-9-14(13)24-5/h6-9,12,21H,10-11H2,1-5H3,(H,19,22)(H,20,23)/p+1. The van der Waals surface area contributed by atoms with Crippen molar-refractivity contribution in [3.05, 3.63) is 24.3 Å². The zero-order chi connectivity index (χ0) is 18.0. The van der Waals surface area contributed by atoms with Gasteiger partial charge in [0, 0.05) is 18.9 Å². The van der Waals surface area contributed by atoms with Gasteiger partial charge in [-0.05, 0) is 39.8 Å². The largest absolute Gasteiger partial charge is 0.495 e. The van der Waals surface area contributed by atoms with E-state index in [1.54, 1.807) is 24.3 Å². The average molecular weight is 334 g/mol. The second-order valence-corrected chi connectivity index (χ2v) is 7.85. The van der Waals surface area contributed by atoms with Crippen LogP contribution in [0.15, 0.2) is 24.3 Å². The van der Waals surface area contributed by atoms with Gasteiger partial charge in [0.05, 0.1) is 23.9 Å². The predicted octanol–water partition coefficient (Wildman–Crippen LogP) is 1.03. The van der Waals surface area contributed by atoms with Crippen molar-refractivity contribution in [3.8, 4) is 5.75 Å². The normalized spacial score (nSPS) is 19.4. The van der Waals surface area contributed by atoms with E-state index >= 15 is 0 Å². The fourth-order valence-corrected chi connectivity index (χ4v) is 3.80. The summed E-state index contributed by atoms with van der Waals surface area (Å²) in [7, 11) is 1.52. The second kappa shape index (κ2) is 6.81. The number of hydrogen-bond donors (Lipinski definition) is 3. The quantitative estimate of drug-likeness (QED) is 0.722. The zero-order valence-corrected chi connectivity index (χ0v) is 15.1. The summed E-state index contributed by atoms with van der Waals surface area (Å²) in [4.78, 5) is 24.5. The lowest BCUT2D eigenvalue weighted by molar-refractivity contribution is -0.787. The highest BCUT2D eigenvalue weighted by atomic mass is 16.5. The fraction of sp³-hybridized carbons (Fsp3) is 0.556. The number of anilines is 1. The maximum atomic E-state index is 12.3. The Morgan fingerprint density at radius 2 is 1.67 bits per heavy atom. The van der Waals surface area contributed by atoms with Gasteiger partial charge in [-0.2, -0.15) is 0 Å². The first-order valence-corrected chi connectivity index (χ1v) is 8.24. The van der Waals surface area contributed by atoms with Crippen molar-refractivity contribution in [1.29, 1.82) is 0 Å². The summed E-state index contributed by atoms with van der Waals surface area (Å²) < 4.78 is 5.18. The van der Waals surface area contributed by atoms with Crippen LogP contribution < -0.4 is 20.7 Å². The molecule has 2 rings (SSSR count). The van der Waals surface area contributed by atoms with E-state index in [0.29, 0.717) is 11.4 Å². The Morgan fingerprint density at radius 1 is 1.08 bits per heavy atom. The van der Waals surface area contributed by atoms with Crippen LogP contribution in [0.5, 0.6) is 5.75 Å². The first-order chi connectivity index (χ1) is 11.1. The molecule has 2 amide bonds. The third-order valence-corrected chi connectivity index (χ3v) is 4.22. The minimum atomic E-state index is -0.676. The number of carbonyl (C=O) groups is 2. The molecule has 1 heterocycles. The van der Waals surface area contributed by atoms with Gasteiger partial charge in [-0.25, -0.2) is 0 Å². The van der Waals surface area contributed by atoms with Crippen LogP contribution in [0.3, 0.4) is 0 Å². The summed E-state index contributed by atoms with van der Waals surface area (Å²) in [5.41, 5.74) is 0.537. The second-order valence-electron chi connectivity index (χ2n) is 7.85. The molecule has 4 N–H and O–H groups in total. The minimum absolute atomic E-state index is 0.0177. The van der Waals surface area contributed by atoms with Crippen LogP contribution in [0, 0.1) is 0 Å². The number of nitrogens with one attached hydrogen (secondary N) is 2. The van der Waals surface area contributed by atoms with Gasteiger partial charge in [0.25, 0.3) is 0 Å². The highest BCUT2D eigenvalue weighted by Gasteiger charge is 2.42. The van der Waals surface area contributed by atoms with Crippen LogP contribution >= 0.6 is 0 Å². The smallest absolute Gasteiger partial charge is 0.313 e. The molecule has 1 saturated heterocycles. The number of piperidine rings is 1. The number of ether oxygens (including phenoxy) is 1. The molecule has 24 heavy (non-hydrogen) atoms. The molecule has 1 aliphatic rings. The topological polar surface area (TPSA) is 84.0 Å². The molecule has 0 aromatic heterocycles. The van der Waals surface area contributed by atoms with Gasteiger partial charge in [0.15, 0.2) is 0 Å². The highest BCUT2D eigenvalue weighted by molar-refractivity contribution is 6.39. The molecule has 1 aliphatic heterocycles. The lowest BCUT2D eigenvalue weighted by Crippen LogP contribution is -3.06. The first-order valence-electron chi connectivity index (χ1n) is 8.24. The molecule has 1 aromatic rings. The van der Waals surface area contributed by atoms with E-state index in [9.17, 15) is 9.59 Å². The van der Waals surface area contributed by atoms with Crippen molar-refractivity contribution in [2.45, 2.75) is 57.7 Å². The third kappa shape index (κ3) is 4.71. The molecule has 0 saturated carbocycles. The minimum Gasteiger partial charge on any atom is -0.495 e.